The highest BCUT2D eigenvalue weighted by molar-refractivity contribution is 7.91. The average molecular weight is 331 g/mol. The summed E-state index contributed by atoms with van der Waals surface area (Å²) in [6.07, 6.45) is 1.41. The standard InChI is InChI=1S/C13H17NO5S2/c1-10(15)11-4-3-5-12(8-11)21(18,19)14-7-6-13(9-14)20(2,16)17/h3-5,8,13H,6-7,9H2,1-2H3/t13-/m0/s1. The Bertz CT molecular complexity index is 768. The van der Waals surface area contributed by atoms with E-state index in [0.717, 1.165) is 10.6 Å². The van der Waals surface area contributed by atoms with Gasteiger partial charge in [0, 0.05) is 24.9 Å². The van der Waals surface area contributed by atoms with Crippen molar-refractivity contribution in [1.82, 2.24) is 4.31 Å². The average Bonchev–Trinajstić information content (AvgIpc) is 2.89. The first kappa shape index (κ1) is 16.1. The van der Waals surface area contributed by atoms with Crippen molar-refractivity contribution < 1.29 is 21.6 Å². The summed E-state index contributed by atoms with van der Waals surface area (Å²) in [6.45, 7) is 1.50. The molecule has 0 unspecified atom stereocenters. The predicted octanol–water partition coefficient (Wildman–Crippen LogP) is 0.697. The van der Waals surface area contributed by atoms with Crippen molar-refractivity contribution >= 4 is 25.6 Å². The van der Waals surface area contributed by atoms with Crippen LogP contribution in [-0.4, -0.2) is 51.5 Å². The lowest BCUT2D eigenvalue weighted by molar-refractivity contribution is 0.101. The van der Waals surface area contributed by atoms with E-state index in [1.54, 1.807) is 6.07 Å². The van der Waals surface area contributed by atoms with Gasteiger partial charge in [-0.2, -0.15) is 4.31 Å². The number of carbonyl (C=O) groups is 1. The first-order valence-corrected chi connectivity index (χ1v) is 9.82. The van der Waals surface area contributed by atoms with Gasteiger partial charge in [0.1, 0.15) is 0 Å². The number of Topliss-reactive ketones (excluding diaryl/α,β-unsaturated/α-hetero) is 1. The molecule has 1 atom stereocenters. The highest BCUT2D eigenvalue weighted by Crippen LogP contribution is 2.24. The van der Waals surface area contributed by atoms with Crippen LogP contribution in [0.3, 0.4) is 0 Å². The Kier molecular flexibility index (Phi) is 4.23. The maximum atomic E-state index is 12.5. The molecule has 0 bridgehead atoms. The van der Waals surface area contributed by atoms with Crippen LogP contribution in [0.2, 0.25) is 0 Å². The number of rotatable bonds is 4. The lowest BCUT2D eigenvalue weighted by Gasteiger charge is -2.16. The Morgan fingerprint density at radius 3 is 2.43 bits per heavy atom. The van der Waals surface area contributed by atoms with Crippen molar-refractivity contribution in [3.8, 4) is 0 Å². The fourth-order valence-electron chi connectivity index (χ4n) is 2.29. The van der Waals surface area contributed by atoms with Crippen LogP contribution in [0.25, 0.3) is 0 Å². The van der Waals surface area contributed by atoms with Gasteiger partial charge in [-0.3, -0.25) is 4.79 Å². The molecule has 1 heterocycles. The second-order valence-corrected chi connectivity index (χ2v) is 9.45. The zero-order chi connectivity index (χ0) is 15.8. The lowest BCUT2D eigenvalue weighted by Crippen LogP contribution is -2.31. The minimum absolute atomic E-state index is 0.0179. The molecule has 1 aliphatic rings. The number of ketones is 1. The third-order valence-electron chi connectivity index (χ3n) is 3.59. The van der Waals surface area contributed by atoms with E-state index in [1.807, 2.05) is 0 Å². The van der Waals surface area contributed by atoms with E-state index >= 15 is 0 Å². The molecular weight excluding hydrogens is 314 g/mol. The van der Waals surface area contributed by atoms with Gasteiger partial charge in [-0.25, -0.2) is 16.8 Å². The van der Waals surface area contributed by atoms with E-state index in [0.29, 0.717) is 12.0 Å². The van der Waals surface area contributed by atoms with E-state index in [9.17, 15) is 21.6 Å². The lowest BCUT2D eigenvalue weighted by atomic mass is 10.2. The zero-order valence-corrected chi connectivity index (χ0v) is 13.4. The van der Waals surface area contributed by atoms with Crippen molar-refractivity contribution in [3.63, 3.8) is 0 Å². The Hall–Kier alpha value is -1.25. The highest BCUT2D eigenvalue weighted by Gasteiger charge is 2.37. The first-order chi connectivity index (χ1) is 9.62. The number of hydrogen-bond donors (Lipinski definition) is 0. The van der Waals surface area contributed by atoms with Gasteiger partial charge in [0.25, 0.3) is 0 Å². The number of nitrogens with zero attached hydrogens (tertiary/aromatic N) is 1. The number of hydrogen-bond acceptors (Lipinski definition) is 5. The molecule has 1 fully saturated rings. The van der Waals surface area contributed by atoms with Crippen molar-refractivity contribution in [2.24, 2.45) is 0 Å². The smallest absolute Gasteiger partial charge is 0.243 e. The first-order valence-electron chi connectivity index (χ1n) is 6.42. The predicted molar refractivity (Wildman–Crippen MR) is 78.5 cm³/mol. The van der Waals surface area contributed by atoms with Crippen LogP contribution < -0.4 is 0 Å². The molecule has 0 spiro atoms. The minimum Gasteiger partial charge on any atom is -0.295 e. The third-order valence-corrected chi connectivity index (χ3v) is 7.05. The van der Waals surface area contributed by atoms with Crippen molar-refractivity contribution in [2.75, 3.05) is 19.3 Å². The molecule has 1 aliphatic heterocycles. The fraction of sp³-hybridized carbons (Fsp3) is 0.462. The largest absolute Gasteiger partial charge is 0.295 e. The highest BCUT2D eigenvalue weighted by atomic mass is 32.2. The summed E-state index contributed by atoms with van der Waals surface area (Å²) >= 11 is 0. The summed E-state index contributed by atoms with van der Waals surface area (Å²) in [5.41, 5.74) is 0.315. The molecule has 0 radical (unpaired) electrons. The molecular formula is C13H17NO5S2. The van der Waals surface area contributed by atoms with Crippen molar-refractivity contribution in [3.05, 3.63) is 29.8 Å². The molecule has 1 aromatic carbocycles. The van der Waals surface area contributed by atoms with Gasteiger partial charge in [-0.05, 0) is 25.5 Å². The van der Waals surface area contributed by atoms with E-state index in [-0.39, 0.29) is 23.8 Å². The number of benzene rings is 1. The summed E-state index contributed by atoms with van der Waals surface area (Å²) in [7, 11) is -7.03. The summed E-state index contributed by atoms with van der Waals surface area (Å²) in [4.78, 5) is 11.4. The van der Waals surface area contributed by atoms with Crippen LogP contribution in [0.4, 0.5) is 0 Å². The summed E-state index contributed by atoms with van der Waals surface area (Å²) in [5.74, 6) is -0.220. The van der Waals surface area contributed by atoms with Crippen molar-refractivity contribution in [1.29, 1.82) is 0 Å². The monoisotopic (exact) mass is 331 g/mol. The minimum atomic E-state index is -3.77. The zero-order valence-electron chi connectivity index (χ0n) is 11.8. The van der Waals surface area contributed by atoms with Crippen LogP contribution in [0.15, 0.2) is 29.2 Å². The molecule has 116 valence electrons. The normalized spacial score (nSPS) is 20.6. The second kappa shape index (κ2) is 5.51. The molecule has 0 aromatic heterocycles. The number of sulfone groups is 1. The molecule has 0 aliphatic carbocycles. The number of sulfonamides is 1. The van der Waals surface area contributed by atoms with E-state index in [2.05, 4.69) is 0 Å². The molecule has 0 saturated carbocycles. The quantitative estimate of drug-likeness (QED) is 0.758. The molecule has 1 aromatic rings. The third kappa shape index (κ3) is 3.33. The van der Waals surface area contributed by atoms with Gasteiger partial charge in [0.15, 0.2) is 15.6 Å². The summed E-state index contributed by atoms with van der Waals surface area (Å²) < 4.78 is 49.2. The van der Waals surface area contributed by atoms with Crippen LogP contribution in [0.5, 0.6) is 0 Å². The van der Waals surface area contributed by atoms with E-state index in [1.165, 1.54) is 25.1 Å². The van der Waals surface area contributed by atoms with Crippen LogP contribution in [0, 0.1) is 0 Å². The molecule has 21 heavy (non-hydrogen) atoms. The SMILES string of the molecule is CC(=O)c1cccc(S(=O)(=O)N2CC[C@H](S(C)(=O)=O)C2)c1. The fourth-order valence-corrected chi connectivity index (χ4v) is 4.92. The Labute approximate surface area is 124 Å². The van der Waals surface area contributed by atoms with Crippen LogP contribution in [-0.2, 0) is 19.9 Å². The maximum absolute atomic E-state index is 12.5. The van der Waals surface area contributed by atoms with Gasteiger partial charge >= 0.3 is 0 Å². The van der Waals surface area contributed by atoms with Crippen molar-refractivity contribution in [2.45, 2.75) is 23.5 Å². The van der Waals surface area contributed by atoms with Crippen LogP contribution >= 0.6 is 0 Å². The van der Waals surface area contributed by atoms with Gasteiger partial charge in [0.05, 0.1) is 10.1 Å². The second-order valence-electron chi connectivity index (χ2n) is 5.19. The summed E-state index contributed by atoms with van der Waals surface area (Å²) in [5, 5.41) is -0.664. The molecule has 6 nitrogen and oxygen atoms in total. The Morgan fingerprint density at radius 1 is 1.24 bits per heavy atom. The van der Waals surface area contributed by atoms with Gasteiger partial charge in [-0.1, -0.05) is 12.1 Å². The van der Waals surface area contributed by atoms with Gasteiger partial charge < -0.3 is 0 Å². The summed E-state index contributed by atoms with van der Waals surface area (Å²) in [6, 6.07) is 5.79. The molecule has 0 amide bonds. The van der Waals surface area contributed by atoms with Gasteiger partial charge in [-0.15, -0.1) is 0 Å². The molecule has 0 N–H and O–H groups in total. The van der Waals surface area contributed by atoms with Crippen LogP contribution in [0.1, 0.15) is 23.7 Å². The molecule has 1 saturated heterocycles. The number of carbonyl (C=O) groups excluding carboxylic acids is 1. The van der Waals surface area contributed by atoms with E-state index < -0.39 is 25.1 Å². The van der Waals surface area contributed by atoms with Gasteiger partial charge in [0.2, 0.25) is 10.0 Å². The molecule has 2 rings (SSSR count). The van der Waals surface area contributed by atoms with E-state index in [4.69, 9.17) is 0 Å². The topological polar surface area (TPSA) is 88.6 Å². The maximum Gasteiger partial charge on any atom is 0.243 e. The Balaban J connectivity index is 2.32. The Morgan fingerprint density at radius 2 is 1.90 bits per heavy atom. The molecule has 8 heteroatoms.